The van der Waals surface area contributed by atoms with Gasteiger partial charge >= 0.3 is 0 Å². The van der Waals surface area contributed by atoms with Gasteiger partial charge in [-0.1, -0.05) is 36.4 Å². The van der Waals surface area contributed by atoms with Crippen LogP contribution in [0.3, 0.4) is 0 Å². The average Bonchev–Trinajstić information content (AvgIpc) is 2.39. The highest BCUT2D eigenvalue weighted by Gasteiger charge is 2.14. The van der Waals surface area contributed by atoms with Crippen LogP contribution in [-0.2, 0) is 0 Å². The van der Waals surface area contributed by atoms with Gasteiger partial charge in [-0.15, -0.1) is 0 Å². The Hall–Kier alpha value is -1.96. The summed E-state index contributed by atoms with van der Waals surface area (Å²) in [5.41, 5.74) is 2.86. The molecule has 0 atom stereocenters. The van der Waals surface area contributed by atoms with Gasteiger partial charge in [0.15, 0.2) is 0 Å². The van der Waals surface area contributed by atoms with Gasteiger partial charge < -0.3 is 9.47 Å². The van der Waals surface area contributed by atoms with Crippen molar-refractivity contribution in [1.82, 2.24) is 0 Å². The summed E-state index contributed by atoms with van der Waals surface area (Å²) >= 11 is 0. The lowest BCUT2D eigenvalue weighted by Gasteiger charge is -2.15. The van der Waals surface area contributed by atoms with Crippen LogP contribution in [0.5, 0.6) is 11.5 Å². The summed E-state index contributed by atoms with van der Waals surface area (Å²) in [6.45, 7) is 3.97. The Morgan fingerprint density at radius 1 is 0.882 bits per heavy atom. The Bertz CT molecular complexity index is 504. The Morgan fingerprint density at radius 3 is 2.18 bits per heavy atom. The quantitative estimate of drug-likeness (QED) is 0.798. The van der Waals surface area contributed by atoms with Crippen LogP contribution in [0, 0.1) is 6.92 Å². The van der Waals surface area contributed by atoms with Crippen molar-refractivity contribution in [2.24, 2.45) is 0 Å². The van der Waals surface area contributed by atoms with E-state index in [2.05, 4.69) is 6.92 Å². The summed E-state index contributed by atoms with van der Waals surface area (Å²) in [6.07, 6.45) is 0. The topological polar surface area (TPSA) is 18.5 Å². The third-order valence-corrected chi connectivity index (χ3v) is 2.69. The highest BCUT2D eigenvalue weighted by Crippen LogP contribution is 2.40. The molecule has 17 heavy (non-hydrogen) atoms. The van der Waals surface area contributed by atoms with Crippen LogP contribution in [-0.4, -0.2) is 14.2 Å². The number of hydrogen-bond acceptors (Lipinski definition) is 2. The molecule has 87 valence electrons. The lowest BCUT2D eigenvalue weighted by molar-refractivity contribution is 0.396. The Kier molecular flexibility index (Phi) is 3.33. The van der Waals surface area contributed by atoms with Crippen molar-refractivity contribution in [1.29, 1.82) is 0 Å². The first-order valence-corrected chi connectivity index (χ1v) is 5.40. The number of rotatable bonds is 3. The van der Waals surface area contributed by atoms with Gasteiger partial charge in [-0.2, -0.15) is 0 Å². The van der Waals surface area contributed by atoms with Crippen LogP contribution in [0.15, 0.2) is 42.5 Å². The molecule has 1 radical (unpaired) electrons. The van der Waals surface area contributed by atoms with E-state index in [1.807, 2.05) is 42.5 Å². The molecule has 2 aromatic carbocycles. The van der Waals surface area contributed by atoms with Crippen molar-refractivity contribution in [3.63, 3.8) is 0 Å². The van der Waals surface area contributed by atoms with E-state index in [9.17, 15) is 0 Å². The van der Waals surface area contributed by atoms with Crippen molar-refractivity contribution >= 4 is 0 Å². The Labute approximate surface area is 102 Å². The van der Waals surface area contributed by atoms with Crippen LogP contribution in [0.4, 0.5) is 0 Å². The van der Waals surface area contributed by atoms with E-state index >= 15 is 0 Å². The predicted octanol–water partition coefficient (Wildman–Crippen LogP) is 3.55. The monoisotopic (exact) mass is 227 g/mol. The van der Waals surface area contributed by atoms with E-state index < -0.39 is 0 Å². The molecule has 0 heterocycles. The summed E-state index contributed by atoms with van der Waals surface area (Å²) in [5, 5.41) is 0. The molecule has 0 N–H and O–H groups in total. The van der Waals surface area contributed by atoms with Crippen molar-refractivity contribution in [2.75, 3.05) is 14.2 Å². The van der Waals surface area contributed by atoms with Crippen LogP contribution < -0.4 is 9.47 Å². The molecular weight excluding hydrogens is 212 g/mol. The first kappa shape index (κ1) is 11.5. The molecule has 0 bridgehead atoms. The fourth-order valence-electron chi connectivity index (χ4n) is 1.89. The van der Waals surface area contributed by atoms with Crippen molar-refractivity contribution in [2.45, 2.75) is 0 Å². The summed E-state index contributed by atoms with van der Waals surface area (Å²) < 4.78 is 10.8. The van der Waals surface area contributed by atoms with Crippen LogP contribution in [0.2, 0.25) is 0 Å². The molecule has 2 rings (SSSR count). The van der Waals surface area contributed by atoms with Gasteiger partial charge in [0, 0.05) is 0 Å². The molecule has 2 aromatic rings. The molecule has 0 aliphatic carbocycles. The average molecular weight is 227 g/mol. The normalized spacial score (nSPS) is 10.1. The van der Waals surface area contributed by atoms with Gasteiger partial charge in [0.05, 0.1) is 19.8 Å². The molecule has 0 aliphatic rings. The fourth-order valence-corrected chi connectivity index (χ4v) is 1.89. The molecule has 0 aliphatic heterocycles. The van der Waals surface area contributed by atoms with Gasteiger partial charge in [0.1, 0.15) is 11.5 Å². The lowest BCUT2D eigenvalue weighted by atomic mass is 10.0. The first-order chi connectivity index (χ1) is 8.27. The zero-order valence-electron chi connectivity index (χ0n) is 10.1. The van der Waals surface area contributed by atoms with E-state index in [1.54, 1.807) is 14.2 Å². The Balaban J connectivity index is 2.69. The number of hydrogen-bond donors (Lipinski definition) is 0. The second-order valence-electron chi connectivity index (χ2n) is 3.70. The lowest BCUT2D eigenvalue weighted by Crippen LogP contribution is -1.95. The molecular formula is C15H15O2. The molecule has 0 saturated heterocycles. The van der Waals surface area contributed by atoms with Gasteiger partial charge in [0.25, 0.3) is 0 Å². The van der Waals surface area contributed by atoms with Crippen LogP contribution in [0.25, 0.3) is 11.1 Å². The first-order valence-electron chi connectivity index (χ1n) is 5.40. The third-order valence-electron chi connectivity index (χ3n) is 2.69. The van der Waals surface area contributed by atoms with Crippen molar-refractivity contribution in [3.05, 3.63) is 55.0 Å². The minimum absolute atomic E-state index is 0.760. The summed E-state index contributed by atoms with van der Waals surface area (Å²) in [7, 11) is 3.31. The van der Waals surface area contributed by atoms with Crippen molar-refractivity contribution in [3.8, 4) is 22.6 Å². The van der Waals surface area contributed by atoms with E-state index in [0.717, 1.165) is 28.2 Å². The molecule has 0 amide bonds. The molecule has 0 spiro atoms. The highest BCUT2D eigenvalue weighted by molar-refractivity contribution is 5.78. The smallest absolute Gasteiger partial charge is 0.133 e. The maximum Gasteiger partial charge on any atom is 0.133 e. The van der Waals surface area contributed by atoms with Crippen LogP contribution >= 0.6 is 0 Å². The fraction of sp³-hybridized carbons (Fsp3) is 0.133. The molecule has 2 nitrogen and oxygen atoms in total. The zero-order chi connectivity index (χ0) is 12.3. The van der Waals surface area contributed by atoms with Gasteiger partial charge in [-0.3, -0.25) is 0 Å². The van der Waals surface area contributed by atoms with Crippen LogP contribution in [0.1, 0.15) is 5.56 Å². The molecule has 0 saturated carbocycles. The van der Waals surface area contributed by atoms with E-state index in [0.29, 0.717) is 0 Å². The molecule has 0 fully saturated rings. The van der Waals surface area contributed by atoms with E-state index in [1.165, 1.54) is 0 Å². The maximum absolute atomic E-state index is 5.43. The predicted molar refractivity (Wildman–Crippen MR) is 69.4 cm³/mol. The number of benzene rings is 2. The second-order valence-corrected chi connectivity index (χ2v) is 3.70. The van der Waals surface area contributed by atoms with E-state index in [4.69, 9.17) is 9.47 Å². The standard InChI is InChI=1S/C15H15O2/c1-11-9-10-13(16-2)14(15(11)17-3)12-7-5-4-6-8-12/h4-10H,1H2,2-3H3. The summed E-state index contributed by atoms with van der Waals surface area (Å²) in [4.78, 5) is 0. The number of methoxy groups -OCH3 is 2. The third kappa shape index (κ3) is 2.11. The molecule has 0 aromatic heterocycles. The molecule has 2 heteroatoms. The minimum Gasteiger partial charge on any atom is -0.496 e. The Morgan fingerprint density at radius 2 is 1.59 bits per heavy atom. The SMILES string of the molecule is [CH2]c1ccc(OC)c(-c2ccccc2)c1OC. The van der Waals surface area contributed by atoms with Gasteiger partial charge in [-0.25, -0.2) is 0 Å². The largest absolute Gasteiger partial charge is 0.496 e. The molecule has 0 unspecified atom stereocenters. The summed E-state index contributed by atoms with van der Waals surface area (Å²) in [6, 6.07) is 13.8. The summed E-state index contributed by atoms with van der Waals surface area (Å²) in [5.74, 6) is 1.55. The van der Waals surface area contributed by atoms with Gasteiger partial charge in [0.2, 0.25) is 0 Å². The van der Waals surface area contributed by atoms with Gasteiger partial charge in [-0.05, 0) is 24.1 Å². The highest BCUT2D eigenvalue weighted by atomic mass is 16.5. The van der Waals surface area contributed by atoms with Crippen molar-refractivity contribution < 1.29 is 9.47 Å². The number of ether oxygens (including phenoxy) is 2. The second kappa shape index (κ2) is 4.91. The van der Waals surface area contributed by atoms with E-state index in [-0.39, 0.29) is 0 Å². The maximum atomic E-state index is 5.43. The zero-order valence-corrected chi connectivity index (χ0v) is 10.1. The minimum atomic E-state index is 0.760.